The van der Waals surface area contributed by atoms with E-state index in [1.807, 2.05) is 35.7 Å². The molecule has 2 aromatic carbocycles. The lowest BCUT2D eigenvalue weighted by Crippen LogP contribution is -2.14. The number of nitrogens with zero attached hydrogens (tertiary/aromatic N) is 2. The molecule has 0 fully saturated rings. The summed E-state index contributed by atoms with van der Waals surface area (Å²) in [7, 11) is 0. The Morgan fingerprint density at radius 1 is 0.731 bits per heavy atom. The Kier molecular flexibility index (Phi) is 6.33. The van der Waals surface area contributed by atoms with Crippen molar-refractivity contribution < 1.29 is 0 Å². The summed E-state index contributed by atoms with van der Waals surface area (Å²) in [5.41, 5.74) is 0.889. The second kappa shape index (κ2) is 7.95. The summed E-state index contributed by atoms with van der Waals surface area (Å²) < 4.78 is 0.286. The average Bonchev–Trinajstić information content (AvgIpc) is 2.60. The van der Waals surface area contributed by atoms with Crippen LogP contribution in [0.15, 0.2) is 34.1 Å². The molecule has 0 bridgehead atoms. The third-order valence-electron chi connectivity index (χ3n) is 4.76. The van der Waals surface area contributed by atoms with Crippen molar-refractivity contribution in [2.24, 2.45) is 0 Å². The minimum atomic E-state index is 0.143. The lowest BCUT2D eigenvalue weighted by molar-refractivity contribution is 0.680. The van der Waals surface area contributed by atoms with Gasteiger partial charge in [-0.3, -0.25) is 0 Å². The third kappa shape index (κ3) is 4.76. The third-order valence-corrected chi connectivity index (χ3v) is 7.68. The topological polar surface area (TPSA) is 47.6 Å². The first-order valence-corrected chi connectivity index (χ1v) is 10.6. The molecular weight excluding hydrogens is 356 g/mol. The Balaban J connectivity index is 2.68. The fraction of sp³-hybridized carbons (Fsp3) is 0.455. The molecule has 0 atom stereocenters. The van der Waals surface area contributed by atoms with Crippen LogP contribution in [-0.2, 0) is 0 Å². The molecule has 0 unspecified atom stereocenters. The van der Waals surface area contributed by atoms with Crippen LogP contribution in [0.2, 0.25) is 0 Å². The highest BCUT2D eigenvalue weighted by molar-refractivity contribution is 8.03. The number of thioether (sulfide) groups is 2. The van der Waals surface area contributed by atoms with Crippen LogP contribution in [0.3, 0.4) is 0 Å². The van der Waals surface area contributed by atoms with E-state index in [9.17, 15) is 10.5 Å². The highest BCUT2D eigenvalue weighted by Gasteiger charge is 2.23. The molecule has 0 amide bonds. The SMILES string of the molecule is CCC(C)(C)Sc1cc2cc(C#N)c(C#N)cc2cc1SC(C)(C)CC. The van der Waals surface area contributed by atoms with Crippen LogP contribution < -0.4 is 0 Å². The van der Waals surface area contributed by atoms with E-state index in [0.29, 0.717) is 11.1 Å². The molecule has 0 aliphatic heterocycles. The summed E-state index contributed by atoms with van der Waals surface area (Å²) in [6.07, 6.45) is 2.15. The molecule has 0 heterocycles. The molecular formula is C22H26N2S2. The van der Waals surface area contributed by atoms with Crippen molar-refractivity contribution in [3.63, 3.8) is 0 Å². The van der Waals surface area contributed by atoms with E-state index in [1.165, 1.54) is 9.79 Å². The van der Waals surface area contributed by atoms with Crippen LogP contribution in [0.25, 0.3) is 10.8 Å². The van der Waals surface area contributed by atoms with Gasteiger partial charge in [-0.05, 0) is 47.9 Å². The fourth-order valence-corrected chi connectivity index (χ4v) is 4.81. The summed E-state index contributed by atoms with van der Waals surface area (Å²) in [5, 5.41) is 20.7. The van der Waals surface area contributed by atoms with Crippen molar-refractivity contribution in [2.75, 3.05) is 0 Å². The zero-order valence-corrected chi connectivity index (χ0v) is 18.1. The zero-order chi connectivity index (χ0) is 19.5. The number of fused-ring (bicyclic) bond motifs is 1. The van der Waals surface area contributed by atoms with Crippen LogP contribution in [0.5, 0.6) is 0 Å². The van der Waals surface area contributed by atoms with Crippen LogP contribution in [-0.4, -0.2) is 9.49 Å². The van der Waals surface area contributed by atoms with Gasteiger partial charge in [0, 0.05) is 19.3 Å². The first-order chi connectivity index (χ1) is 12.1. The highest BCUT2D eigenvalue weighted by atomic mass is 32.2. The second-order valence-electron chi connectivity index (χ2n) is 7.70. The van der Waals surface area contributed by atoms with Crippen molar-refractivity contribution in [1.29, 1.82) is 10.5 Å². The smallest absolute Gasteiger partial charge is 0.101 e. The normalized spacial score (nSPS) is 12.0. The van der Waals surface area contributed by atoms with Crippen molar-refractivity contribution in [3.05, 3.63) is 35.4 Å². The van der Waals surface area contributed by atoms with Crippen molar-refractivity contribution >= 4 is 34.3 Å². The van der Waals surface area contributed by atoms with Crippen LogP contribution in [0.4, 0.5) is 0 Å². The summed E-state index contributed by atoms with van der Waals surface area (Å²) >= 11 is 3.79. The molecule has 136 valence electrons. The second-order valence-corrected chi connectivity index (χ2v) is 11.2. The number of hydrogen-bond acceptors (Lipinski definition) is 4. The van der Waals surface area contributed by atoms with E-state index >= 15 is 0 Å². The van der Waals surface area contributed by atoms with Crippen molar-refractivity contribution in [2.45, 2.75) is 73.7 Å². The van der Waals surface area contributed by atoms with Gasteiger partial charge >= 0.3 is 0 Å². The molecule has 0 aliphatic carbocycles. The minimum Gasteiger partial charge on any atom is -0.192 e. The standard InChI is InChI=1S/C22H26N2S2/c1-7-21(3,4)25-19-11-15-9-17(13-23)18(14-24)10-16(15)12-20(19)26-22(5,6)8-2/h9-12H,7-8H2,1-6H3. The van der Waals surface area contributed by atoms with Gasteiger partial charge in [-0.15, -0.1) is 23.5 Å². The number of nitriles is 2. The van der Waals surface area contributed by atoms with Gasteiger partial charge in [-0.1, -0.05) is 41.5 Å². The maximum atomic E-state index is 9.33. The van der Waals surface area contributed by atoms with E-state index < -0.39 is 0 Å². The van der Waals surface area contributed by atoms with Gasteiger partial charge in [-0.25, -0.2) is 0 Å². The molecule has 2 rings (SSSR count). The van der Waals surface area contributed by atoms with Gasteiger partial charge in [0.15, 0.2) is 0 Å². The summed E-state index contributed by atoms with van der Waals surface area (Å²) in [6.45, 7) is 13.5. The van der Waals surface area contributed by atoms with Crippen LogP contribution in [0.1, 0.15) is 65.5 Å². The predicted octanol–water partition coefficient (Wildman–Crippen LogP) is 7.14. The molecule has 4 heteroatoms. The number of benzene rings is 2. The summed E-state index contributed by atoms with van der Waals surface area (Å²) in [6, 6.07) is 12.4. The first kappa shape index (κ1) is 20.7. The molecule has 26 heavy (non-hydrogen) atoms. The molecule has 2 aromatic rings. The zero-order valence-electron chi connectivity index (χ0n) is 16.4. The summed E-state index contributed by atoms with van der Waals surface area (Å²) in [5.74, 6) is 0. The minimum absolute atomic E-state index is 0.143. The van der Waals surface area contributed by atoms with Gasteiger partial charge in [0.05, 0.1) is 11.1 Å². The van der Waals surface area contributed by atoms with E-state index in [-0.39, 0.29) is 9.49 Å². The van der Waals surface area contributed by atoms with Gasteiger partial charge in [0.2, 0.25) is 0 Å². The Hall–Kier alpha value is -1.62. The van der Waals surface area contributed by atoms with E-state index in [4.69, 9.17) is 0 Å². The van der Waals surface area contributed by atoms with E-state index in [2.05, 4.69) is 65.8 Å². The summed E-state index contributed by atoms with van der Waals surface area (Å²) in [4.78, 5) is 2.51. The number of rotatable bonds is 6. The Morgan fingerprint density at radius 3 is 1.35 bits per heavy atom. The predicted molar refractivity (Wildman–Crippen MR) is 114 cm³/mol. The Bertz CT molecular complexity index is 824. The largest absolute Gasteiger partial charge is 0.192 e. The van der Waals surface area contributed by atoms with Gasteiger partial charge in [-0.2, -0.15) is 10.5 Å². The quantitative estimate of drug-likeness (QED) is 0.498. The first-order valence-electron chi connectivity index (χ1n) is 8.94. The number of hydrogen-bond donors (Lipinski definition) is 0. The van der Waals surface area contributed by atoms with Crippen molar-refractivity contribution in [1.82, 2.24) is 0 Å². The highest BCUT2D eigenvalue weighted by Crippen LogP contribution is 2.46. The molecule has 0 radical (unpaired) electrons. The van der Waals surface area contributed by atoms with Gasteiger partial charge < -0.3 is 0 Å². The average molecular weight is 383 g/mol. The monoisotopic (exact) mass is 382 g/mol. The van der Waals surface area contributed by atoms with Crippen molar-refractivity contribution in [3.8, 4) is 12.1 Å². The molecule has 0 N–H and O–H groups in total. The maximum Gasteiger partial charge on any atom is 0.101 e. The molecule has 0 saturated heterocycles. The molecule has 0 aliphatic rings. The molecule has 0 aromatic heterocycles. The Labute approximate surface area is 166 Å². The fourth-order valence-electron chi connectivity index (χ4n) is 2.39. The lowest BCUT2D eigenvalue weighted by atomic mass is 10.0. The molecule has 2 nitrogen and oxygen atoms in total. The molecule has 0 spiro atoms. The van der Waals surface area contributed by atoms with Crippen LogP contribution in [0, 0.1) is 22.7 Å². The maximum absolute atomic E-state index is 9.33. The Morgan fingerprint density at radius 2 is 1.08 bits per heavy atom. The van der Waals surface area contributed by atoms with Crippen LogP contribution >= 0.6 is 23.5 Å². The lowest BCUT2D eigenvalue weighted by Gasteiger charge is -2.27. The van der Waals surface area contributed by atoms with E-state index in [1.54, 1.807) is 0 Å². The van der Waals surface area contributed by atoms with Gasteiger partial charge in [0.25, 0.3) is 0 Å². The van der Waals surface area contributed by atoms with E-state index in [0.717, 1.165) is 23.6 Å². The van der Waals surface area contributed by atoms with Gasteiger partial charge in [0.1, 0.15) is 12.1 Å². The molecule has 0 saturated carbocycles.